The number of hydrogen-bond acceptors (Lipinski definition) is 1. The summed E-state index contributed by atoms with van der Waals surface area (Å²) in [6.07, 6.45) is 30.5. The molecular formula is C24H26OSi2. The van der Waals surface area contributed by atoms with Gasteiger partial charge in [0.25, 0.3) is 16.6 Å². The first-order chi connectivity index (χ1) is 13.2. The van der Waals surface area contributed by atoms with Crippen molar-refractivity contribution in [1.82, 2.24) is 0 Å². The minimum atomic E-state index is -2.48. The monoisotopic (exact) mass is 386 g/mol. The highest BCUT2D eigenvalue weighted by molar-refractivity contribution is 7.04. The Hall–Kier alpha value is -2.21. The third kappa shape index (κ3) is 2.96. The quantitative estimate of drug-likeness (QED) is 0.462. The van der Waals surface area contributed by atoms with Gasteiger partial charge in [-0.25, -0.2) is 0 Å². The van der Waals surface area contributed by atoms with Crippen LogP contribution in [0.15, 0.2) is 118 Å². The number of hydrogen-bond donors (Lipinski definition) is 0. The highest BCUT2D eigenvalue weighted by Gasteiger charge is 2.50. The van der Waals surface area contributed by atoms with Gasteiger partial charge in [-0.15, -0.1) is 13.2 Å². The summed E-state index contributed by atoms with van der Waals surface area (Å²) in [5, 5.41) is 5.63. The first-order valence-corrected chi connectivity index (χ1v) is 13.6. The van der Waals surface area contributed by atoms with Crippen LogP contribution in [0.5, 0.6) is 0 Å². The van der Waals surface area contributed by atoms with Crippen molar-refractivity contribution in [2.75, 3.05) is 0 Å². The Kier molecular flexibility index (Phi) is 5.00. The van der Waals surface area contributed by atoms with Crippen molar-refractivity contribution in [1.29, 1.82) is 0 Å². The molecule has 4 aliphatic carbocycles. The second kappa shape index (κ2) is 7.43. The highest BCUT2D eigenvalue weighted by atomic mass is 28.4. The van der Waals surface area contributed by atoms with Crippen molar-refractivity contribution in [2.24, 2.45) is 0 Å². The van der Waals surface area contributed by atoms with E-state index >= 15 is 0 Å². The van der Waals surface area contributed by atoms with Crippen molar-refractivity contribution in [2.45, 2.75) is 25.7 Å². The average molecular weight is 387 g/mol. The molecule has 4 aliphatic rings. The van der Waals surface area contributed by atoms with E-state index in [0.29, 0.717) is 0 Å². The average Bonchev–Trinajstić information content (AvgIpc) is 3.52. The van der Waals surface area contributed by atoms with Gasteiger partial charge in [-0.2, -0.15) is 0 Å². The molecule has 0 aliphatic heterocycles. The molecule has 0 aromatic carbocycles. The van der Waals surface area contributed by atoms with E-state index in [1.54, 1.807) is 0 Å². The summed E-state index contributed by atoms with van der Waals surface area (Å²) in [6.45, 7) is 8.62. The zero-order valence-electron chi connectivity index (χ0n) is 15.7. The van der Waals surface area contributed by atoms with E-state index in [1.165, 1.54) is 20.8 Å². The summed E-state index contributed by atoms with van der Waals surface area (Å²) in [7, 11) is -4.96. The summed E-state index contributed by atoms with van der Waals surface area (Å²) >= 11 is 0. The fourth-order valence-corrected chi connectivity index (χ4v) is 14.2. The van der Waals surface area contributed by atoms with Crippen LogP contribution in [-0.4, -0.2) is 16.6 Å². The lowest BCUT2D eigenvalue weighted by Crippen LogP contribution is -2.55. The van der Waals surface area contributed by atoms with E-state index in [1.807, 2.05) is 0 Å². The summed E-state index contributed by atoms with van der Waals surface area (Å²) < 4.78 is 7.47. The molecule has 0 N–H and O–H groups in total. The van der Waals surface area contributed by atoms with Crippen LogP contribution in [0.4, 0.5) is 0 Å². The van der Waals surface area contributed by atoms with Crippen molar-refractivity contribution in [3.05, 3.63) is 118 Å². The standard InChI is InChI=1S/C24H26OSi2/c1-3-26(21-13-5-6-14-21,22-15-7-8-16-22)25-27(4-2,23-17-9-10-18-23)24-19-11-12-20-24/h3-13,15,17,19H,1-2,14,16,18,20H2. The van der Waals surface area contributed by atoms with Gasteiger partial charge >= 0.3 is 0 Å². The van der Waals surface area contributed by atoms with Gasteiger partial charge in [-0.1, -0.05) is 84.3 Å². The van der Waals surface area contributed by atoms with Crippen LogP contribution < -0.4 is 0 Å². The van der Waals surface area contributed by atoms with Gasteiger partial charge in [0, 0.05) is 0 Å². The molecule has 0 unspecified atom stereocenters. The Morgan fingerprint density at radius 3 is 1.07 bits per heavy atom. The normalized spacial score (nSPS) is 20.7. The predicted molar refractivity (Wildman–Crippen MR) is 120 cm³/mol. The molecule has 0 saturated heterocycles. The van der Waals surface area contributed by atoms with E-state index in [4.69, 9.17) is 4.12 Å². The maximum absolute atomic E-state index is 7.47. The second-order valence-electron chi connectivity index (χ2n) is 7.28. The summed E-state index contributed by atoms with van der Waals surface area (Å²) in [6, 6.07) is 0. The smallest absolute Gasteiger partial charge is 0.263 e. The molecule has 0 heterocycles. The Bertz CT molecular complexity index is 769. The minimum Gasteiger partial charge on any atom is -0.437 e. The fraction of sp³-hybridized carbons (Fsp3) is 0.167. The fourth-order valence-electron chi connectivity index (χ4n) is 4.43. The Labute approximate surface area is 164 Å². The highest BCUT2D eigenvalue weighted by Crippen LogP contribution is 2.43. The van der Waals surface area contributed by atoms with Crippen LogP contribution in [0, 0.1) is 0 Å². The van der Waals surface area contributed by atoms with Crippen LogP contribution in [-0.2, 0) is 4.12 Å². The first kappa shape index (κ1) is 18.2. The predicted octanol–water partition coefficient (Wildman–Crippen LogP) is 6.05. The van der Waals surface area contributed by atoms with Crippen LogP contribution in [0.1, 0.15) is 25.7 Å². The third-order valence-electron chi connectivity index (χ3n) is 5.89. The van der Waals surface area contributed by atoms with Crippen LogP contribution in [0.2, 0.25) is 0 Å². The molecule has 0 saturated carbocycles. The van der Waals surface area contributed by atoms with Gasteiger partial charge in [0.2, 0.25) is 0 Å². The van der Waals surface area contributed by atoms with Gasteiger partial charge in [-0.3, -0.25) is 0 Å². The molecule has 0 amide bonds. The Morgan fingerprint density at radius 2 is 0.889 bits per heavy atom. The second-order valence-corrected chi connectivity index (χ2v) is 14.4. The zero-order chi connectivity index (χ0) is 18.7. The Morgan fingerprint density at radius 1 is 0.593 bits per heavy atom. The molecule has 0 atom stereocenters. The van der Waals surface area contributed by atoms with Crippen molar-refractivity contribution >= 4 is 16.6 Å². The first-order valence-electron chi connectivity index (χ1n) is 9.67. The molecule has 0 aromatic rings. The molecule has 0 aromatic heterocycles. The number of allylic oxidation sites excluding steroid dienone is 16. The van der Waals surface area contributed by atoms with Crippen LogP contribution >= 0.6 is 0 Å². The van der Waals surface area contributed by atoms with Crippen molar-refractivity contribution < 1.29 is 4.12 Å². The lowest BCUT2D eigenvalue weighted by Gasteiger charge is -2.42. The zero-order valence-corrected chi connectivity index (χ0v) is 17.7. The lowest BCUT2D eigenvalue weighted by atomic mass is 10.5. The van der Waals surface area contributed by atoms with Gasteiger partial charge in [0.15, 0.2) is 0 Å². The summed E-state index contributed by atoms with van der Waals surface area (Å²) in [5.74, 6) is 0. The van der Waals surface area contributed by atoms with Gasteiger partial charge in [-0.05, 0) is 46.5 Å². The molecule has 27 heavy (non-hydrogen) atoms. The molecular weight excluding hydrogens is 360 g/mol. The third-order valence-corrected chi connectivity index (χ3v) is 14.9. The van der Waals surface area contributed by atoms with E-state index in [9.17, 15) is 0 Å². The lowest BCUT2D eigenvalue weighted by molar-refractivity contribution is 0.571. The van der Waals surface area contributed by atoms with E-state index in [-0.39, 0.29) is 0 Å². The van der Waals surface area contributed by atoms with Crippen LogP contribution in [0.3, 0.4) is 0 Å². The Balaban J connectivity index is 1.83. The number of rotatable bonds is 8. The molecule has 3 heteroatoms. The summed E-state index contributed by atoms with van der Waals surface area (Å²) in [4.78, 5) is 0. The maximum Gasteiger partial charge on any atom is 0.263 e. The van der Waals surface area contributed by atoms with Gasteiger partial charge in [0.1, 0.15) is 0 Å². The topological polar surface area (TPSA) is 9.23 Å². The van der Waals surface area contributed by atoms with Gasteiger partial charge in [0.05, 0.1) is 0 Å². The van der Waals surface area contributed by atoms with Gasteiger partial charge < -0.3 is 4.12 Å². The van der Waals surface area contributed by atoms with E-state index in [0.717, 1.165) is 25.7 Å². The molecule has 136 valence electrons. The molecule has 0 spiro atoms. The molecule has 4 rings (SSSR count). The molecule has 1 nitrogen and oxygen atoms in total. The van der Waals surface area contributed by atoms with Crippen molar-refractivity contribution in [3.8, 4) is 0 Å². The van der Waals surface area contributed by atoms with E-state index in [2.05, 4.69) is 97.5 Å². The minimum absolute atomic E-state index is 0.964. The summed E-state index contributed by atoms with van der Waals surface area (Å²) in [5.41, 5.74) is 4.31. The van der Waals surface area contributed by atoms with Crippen molar-refractivity contribution in [3.63, 3.8) is 0 Å². The molecule has 0 fully saturated rings. The molecule has 0 radical (unpaired) electrons. The van der Waals surface area contributed by atoms with E-state index < -0.39 is 16.6 Å². The van der Waals surface area contributed by atoms with Crippen LogP contribution in [0.25, 0.3) is 0 Å². The maximum atomic E-state index is 7.47. The largest absolute Gasteiger partial charge is 0.437 e. The molecule has 0 bridgehead atoms. The SMILES string of the molecule is C=C[Si](O[Si](C=C)(C1=CC=CC1)C1=CC=CC1)(C1=CC=CC1)C1=CC=CC1.